The lowest BCUT2D eigenvalue weighted by Crippen LogP contribution is -1.98. The van der Waals surface area contributed by atoms with E-state index >= 15 is 0 Å². The van der Waals surface area contributed by atoms with Crippen molar-refractivity contribution in [1.82, 2.24) is 0 Å². The largest absolute Gasteiger partial charge is 0.434 e. The smallest absolute Gasteiger partial charge is 0.310 e. The van der Waals surface area contributed by atoms with Crippen LogP contribution in [-0.4, -0.2) is 5.97 Å². The zero-order valence-electron chi connectivity index (χ0n) is 12.3. The lowest BCUT2D eigenvalue weighted by Gasteiger charge is -1.99. The first-order valence-electron chi connectivity index (χ1n) is 7.40. The molecule has 0 unspecified atom stereocenters. The molecule has 0 aliphatic heterocycles. The SMILES string of the molecule is CCCCCCCC(=O)O/C=C\C=C\c1ccccc1. The summed E-state index contributed by atoms with van der Waals surface area (Å²) in [6, 6.07) is 10.00. The zero-order chi connectivity index (χ0) is 14.5. The summed E-state index contributed by atoms with van der Waals surface area (Å²) in [7, 11) is 0. The molecule has 0 N–H and O–H groups in total. The van der Waals surface area contributed by atoms with E-state index in [9.17, 15) is 4.79 Å². The molecular weight excluding hydrogens is 248 g/mol. The van der Waals surface area contributed by atoms with E-state index in [0.29, 0.717) is 6.42 Å². The molecular formula is C18H24O2. The normalized spacial score (nSPS) is 11.2. The summed E-state index contributed by atoms with van der Waals surface area (Å²) in [4.78, 5) is 11.4. The number of allylic oxidation sites excluding steroid dienone is 2. The van der Waals surface area contributed by atoms with Crippen LogP contribution >= 0.6 is 0 Å². The van der Waals surface area contributed by atoms with E-state index in [1.807, 2.05) is 42.5 Å². The van der Waals surface area contributed by atoms with Crippen molar-refractivity contribution in [2.75, 3.05) is 0 Å². The monoisotopic (exact) mass is 272 g/mol. The average molecular weight is 272 g/mol. The third-order valence-electron chi connectivity index (χ3n) is 2.96. The second kappa shape index (κ2) is 11.0. The Bertz CT molecular complexity index is 418. The molecule has 0 aromatic heterocycles. The first-order valence-corrected chi connectivity index (χ1v) is 7.40. The van der Waals surface area contributed by atoms with Gasteiger partial charge in [-0.25, -0.2) is 0 Å². The lowest BCUT2D eigenvalue weighted by molar-refractivity contribution is -0.138. The van der Waals surface area contributed by atoms with Gasteiger partial charge in [0.2, 0.25) is 0 Å². The van der Waals surface area contributed by atoms with E-state index in [-0.39, 0.29) is 5.97 Å². The van der Waals surface area contributed by atoms with Crippen LogP contribution in [0.15, 0.2) is 48.7 Å². The van der Waals surface area contributed by atoms with Crippen LogP contribution in [0.25, 0.3) is 6.08 Å². The molecule has 1 aromatic carbocycles. The molecule has 2 heteroatoms. The number of esters is 1. The fourth-order valence-electron chi connectivity index (χ4n) is 1.82. The van der Waals surface area contributed by atoms with Gasteiger partial charge in [-0.3, -0.25) is 4.79 Å². The third-order valence-corrected chi connectivity index (χ3v) is 2.96. The predicted octanol–water partition coefficient (Wildman–Crippen LogP) is 5.12. The summed E-state index contributed by atoms with van der Waals surface area (Å²) >= 11 is 0. The quantitative estimate of drug-likeness (QED) is 0.270. The molecule has 0 atom stereocenters. The van der Waals surface area contributed by atoms with Crippen LogP contribution in [0.2, 0.25) is 0 Å². The van der Waals surface area contributed by atoms with Crippen LogP contribution in [-0.2, 0) is 9.53 Å². The summed E-state index contributed by atoms with van der Waals surface area (Å²) in [5.41, 5.74) is 1.12. The molecule has 0 saturated heterocycles. The summed E-state index contributed by atoms with van der Waals surface area (Å²) in [6.45, 7) is 2.18. The van der Waals surface area contributed by atoms with Gasteiger partial charge >= 0.3 is 5.97 Å². The van der Waals surface area contributed by atoms with Crippen LogP contribution in [0, 0.1) is 0 Å². The average Bonchev–Trinajstić information content (AvgIpc) is 2.48. The van der Waals surface area contributed by atoms with E-state index in [4.69, 9.17) is 4.74 Å². The van der Waals surface area contributed by atoms with Crippen molar-refractivity contribution in [3.05, 3.63) is 54.3 Å². The first kappa shape index (κ1) is 16.2. The lowest BCUT2D eigenvalue weighted by atomic mass is 10.1. The minimum Gasteiger partial charge on any atom is -0.434 e. The van der Waals surface area contributed by atoms with Gasteiger partial charge < -0.3 is 4.74 Å². The number of rotatable bonds is 9. The molecule has 0 fully saturated rings. The number of benzene rings is 1. The van der Waals surface area contributed by atoms with Crippen LogP contribution < -0.4 is 0 Å². The highest BCUT2D eigenvalue weighted by molar-refractivity contribution is 5.70. The second-order valence-electron chi connectivity index (χ2n) is 4.75. The van der Waals surface area contributed by atoms with Gasteiger partial charge in [0.25, 0.3) is 0 Å². The fraction of sp³-hybridized carbons (Fsp3) is 0.389. The molecule has 108 valence electrons. The minimum atomic E-state index is -0.147. The molecule has 0 aliphatic rings. The molecule has 0 heterocycles. The standard InChI is InChI=1S/C18H24O2/c1-2-3-4-5-9-15-18(19)20-16-11-10-14-17-12-7-6-8-13-17/h6-8,10-14,16H,2-5,9,15H2,1H3/b14-10+,16-11-. The fourth-order valence-corrected chi connectivity index (χ4v) is 1.82. The number of hydrogen-bond acceptors (Lipinski definition) is 2. The molecule has 2 nitrogen and oxygen atoms in total. The molecule has 1 aromatic rings. The Morgan fingerprint density at radius 3 is 2.55 bits per heavy atom. The minimum absolute atomic E-state index is 0.147. The maximum Gasteiger partial charge on any atom is 0.310 e. The van der Waals surface area contributed by atoms with E-state index in [0.717, 1.165) is 18.4 Å². The van der Waals surface area contributed by atoms with Gasteiger partial charge in [-0.2, -0.15) is 0 Å². The van der Waals surface area contributed by atoms with E-state index in [2.05, 4.69) is 6.92 Å². The summed E-state index contributed by atoms with van der Waals surface area (Å²) < 4.78 is 5.02. The van der Waals surface area contributed by atoms with Crippen LogP contribution in [0.5, 0.6) is 0 Å². The Morgan fingerprint density at radius 2 is 1.80 bits per heavy atom. The van der Waals surface area contributed by atoms with E-state index < -0.39 is 0 Å². The Morgan fingerprint density at radius 1 is 1.05 bits per heavy atom. The molecule has 1 rings (SSSR count). The predicted molar refractivity (Wildman–Crippen MR) is 84.1 cm³/mol. The number of ether oxygens (including phenoxy) is 1. The van der Waals surface area contributed by atoms with Crippen LogP contribution in [0.4, 0.5) is 0 Å². The molecule has 0 aliphatic carbocycles. The summed E-state index contributed by atoms with van der Waals surface area (Å²) in [5, 5.41) is 0. The van der Waals surface area contributed by atoms with Gasteiger partial charge in [0.1, 0.15) is 0 Å². The molecule has 20 heavy (non-hydrogen) atoms. The Kier molecular flexibility index (Phi) is 8.95. The van der Waals surface area contributed by atoms with E-state index in [1.54, 1.807) is 6.08 Å². The number of hydrogen-bond donors (Lipinski definition) is 0. The highest BCUT2D eigenvalue weighted by Gasteiger charge is 1.99. The van der Waals surface area contributed by atoms with Gasteiger partial charge in [0.15, 0.2) is 0 Å². The van der Waals surface area contributed by atoms with Crippen molar-refractivity contribution in [1.29, 1.82) is 0 Å². The number of carbonyl (C=O) groups excluding carboxylic acids is 1. The third kappa shape index (κ3) is 8.30. The van der Waals surface area contributed by atoms with Crippen molar-refractivity contribution in [2.45, 2.75) is 45.4 Å². The van der Waals surface area contributed by atoms with Gasteiger partial charge in [0, 0.05) is 6.42 Å². The molecule has 0 spiro atoms. The number of carbonyl (C=O) groups is 1. The van der Waals surface area contributed by atoms with E-state index in [1.165, 1.54) is 25.5 Å². The molecule has 0 amide bonds. The van der Waals surface area contributed by atoms with Crippen molar-refractivity contribution >= 4 is 12.0 Å². The summed E-state index contributed by atoms with van der Waals surface area (Å²) in [6.07, 6.45) is 13.2. The first-order chi connectivity index (χ1) is 9.83. The topological polar surface area (TPSA) is 26.3 Å². The van der Waals surface area contributed by atoms with Crippen molar-refractivity contribution < 1.29 is 9.53 Å². The second-order valence-corrected chi connectivity index (χ2v) is 4.75. The molecule has 0 radical (unpaired) electrons. The highest BCUT2D eigenvalue weighted by Crippen LogP contribution is 2.06. The maximum absolute atomic E-state index is 11.4. The van der Waals surface area contributed by atoms with Crippen LogP contribution in [0.3, 0.4) is 0 Å². The van der Waals surface area contributed by atoms with Crippen molar-refractivity contribution in [3.63, 3.8) is 0 Å². The van der Waals surface area contributed by atoms with Gasteiger partial charge in [-0.05, 0) is 18.1 Å². The molecule has 0 bridgehead atoms. The van der Waals surface area contributed by atoms with Gasteiger partial charge in [-0.15, -0.1) is 0 Å². The Hall–Kier alpha value is -1.83. The van der Waals surface area contributed by atoms with Gasteiger partial charge in [-0.1, -0.05) is 75.1 Å². The zero-order valence-corrected chi connectivity index (χ0v) is 12.3. The maximum atomic E-state index is 11.4. The van der Waals surface area contributed by atoms with Crippen molar-refractivity contribution in [2.24, 2.45) is 0 Å². The van der Waals surface area contributed by atoms with Crippen molar-refractivity contribution in [3.8, 4) is 0 Å². The van der Waals surface area contributed by atoms with Crippen LogP contribution in [0.1, 0.15) is 51.0 Å². The number of unbranched alkanes of at least 4 members (excludes halogenated alkanes) is 4. The Labute approximate surface area is 122 Å². The van der Waals surface area contributed by atoms with Gasteiger partial charge in [0.05, 0.1) is 6.26 Å². The highest BCUT2D eigenvalue weighted by atomic mass is 16.5. The Balaban J connectivity index is 2.11. The summed E-state index contributed by atoms with van der Waals surface area (Å²) in [5.74, 6) is -0.147. The molecule has 0 saturated carbocycles.